The molecule has 0 saturated carbocycles. The number of hydrogen-bond acceptors (Lipinski definition) is 3. The number of nitrogens with zero attached hydrogens (tertiary/aromatic N) is 1. The van der Waals surface area contributed by atoms with E-state index >= 15 is 0 Å². The second-order valence-electron chi connectivity index (χ2n) is 6.71. The van der Waals surface area contributed by atoms with Crippen LogP contribution in [0, 0.1) is 11.8 Å². The summed E-state index contributed by atoms with van der Waals surface area (Å²) in [5, 5.41) is 3.08. The van der Waals surface area contributed by atoms with Crippen LogP contribution in [0.25, 0.3) is 0 Å². The van der Waals surface area contributed by atoms with Gasteiger partial charge in [0.15, 0.2) is 0 Å². The minimum Gasteiger partial charge on any atom is -0.381 e. The van der Waals surface area contributed by atoms with E-state index in [4.69, 9.17) is 4.74 Å². The Hall–Kier alpha value is -0.610. The van der Waals surface area contributed by atoms with Gasteiger partial charge in [-0.1, -0.05) is 0 Å². The van der Waals surface area contributed by atoms with Crippen molar-refractivity contribution < 1.29 is 9.53 Å². The van der Waals surface area contributed by atoms with E-state index in [9.17, 15) is 4.79 Å². The third-order valence-corrected chi connectivity index (χ3v) is 3.68. The lowest BCUT2D eigenvalue weighted by molar-refractivity contribution is -0.126. The summed E-state index contributed by atoms with van der Waals surface area (Å²) in [6.45, 7) is 11.0. The summed E-state index contributed by atoms with van der Waals surface area (Å²) in [7, 11) is 0. The van der Waals surface area contributed by atoms with Crippen molar-refractivity contribution in [2.45, 2.75) is 39.2 Å². The molecule has 2 aliphatic rings. The summed E-state index contributed by atoms with van der Waals surface area (Å²) >= 11 is 0. The first-order chi connectivity index (χ1) is 8.44. The monoisotopic (exact) mass is 254 g/mol. The molecule has 0 aromatic rings. The molecule has 0 aromatic heterocycles. The van der Waals surface area contributed by atoms with Crippen molar-refractivity contribution >= 4 is 5.91 Å². The average Bonchev–Trinajstić information content (AvgIpc) is 2.86. The number of rotatable bonds is 3. The normalized spacial score (nSPS) is 29.7. The summed E-state index contributed by atoms with van der Waals surface area (Å²) in [6.07, 6.45) is 2.17. The Kier molecular flexibility index (Phi) is 4.28. The molecule has 0 aliphatic carbocycles. The highest BCUT2D eigenvalue weighted by Gasteiger charge is 2.31. The molecule has 18 heavy (non-hydrogen) atoms. The van der Waals surface area contributed by atoms with Crippen LogP contribution in [0.15, 0.2) is 0 Å². The first kappa shape index (κ1) is 13.8. The Balaban J connectivity index is 1.75. The average molecular weight is 254 g/mol. The maximum Gasteiger partial charge on any atom is 0.224 e. The van der Waals surface area contributed by atoms with Crippen molar-refractivity contribution in [3.05, 3.63) is 0 Å². The molecule has 0 radical (unpaired) electrons. The van der Waals surface area contributed by atoms with Gasteiger partial charge >= 0.3 is 0 Å². The number of likely N-dealkylation sites (tertiary alicyclic amines) is 1. The van der Waals surface area contributed by atoms with Crippen LogP contribution in [-0.2, 0) is 9.53 Å². The number of hydrogen-bond donors (Lipinski definition) is 1. The van der Waals surface area contributed by atoms with Crippen LogP contribution in [0.3, 0.4) is 0 Å². The van der Waals surface area contributed by atoms with Crippen LogP contribution in [0.4, 0.5) is 0 Å². The van der Waals surface area contributed by atoms with Crippen LogP contribution in [-0.4, -0.2) is 49.2 Å². The molecule has 2 rings (SSSR count). The molecular formula is C14H26N2O2. The van der Waals surface area contributed by atoms with Crippen LogP contribution >= 0.6 is 0 Å². The fourth-order valence-electron chi connectivity index (χ4n) is 2.78. The van der Waals surface area contributed by atoms with Crippen molar-refractivity contribution in [1.29, 1.82) is 0 Å². The maximum atomic E-state index is 12.1. The molecule has 4 nitrogen and oxygen atoms in total. The molecule has 2 saturated heterocycles. The van der Waals surface area contributed by atoms with Gasteiger partial charge in [0.1, 0.15) is 0 Å². The standard InChI is InChI=1S/C14H26N2O2/c1-14(2,3)15-13(17)12-4-6-16(9-12)8-11-5-7-18-10-11/h11-12H,4-10H2,1-3H3,(H,15,17). The van der Waals surface area contributed by atoms with Crippen LogP contribution < -0.4 is 5.32 Å². The molecule has 0 spiro atoms. The first-order valence-corrected chi connectivity index (χ1v) is 7.06. The van der Waals surface area contributed by atoms with E-state index < -0.39 is 0 Å². The Morgan fingerprint density at radius 3 is 2.78 bits per heavy atom. The predicted octanol–water partition coefficient (Wildman–Crippen LogP) is 1.26. The molecule has 2 fully saturated rings. The molecule has 0 bridgehead atoms. The lowest BCUT2D eigenvalue weighted by atomic mass is 10.0. The molecule has 0 aromatic carbocycles. The highest BCUT2D eigenvalue weighted by molar-refractivity contribution is 5.79. The molecule has 2 unspecified atom stereocenters. The van der Waals surface area contributed by atoms with E-state index in [1.807, 2.05) is 20.8 Å². The molecule has 1 amide bonds. The van der Waals surface area contributed by atoms with Gasteiger partial charge in [-0.25, -0.2) is 0 Å². The van der Waals surface area contributed by atoms with Crippen molar-refractivity contribution in [2.24, 2.45) is 11.8 Å². The van der Waals surface area contributed by atoms with Crippen molar-refractivity contribution in [1.82, 2.24) is 10.2 Å². The Bertz CT molecular complexity index is 293. The number of ether oxygens (including phenoxy) is 1. The fraction of sp³-hybridized carbons (Fsp3) is 0.929. The molecule has 1 N–H and O–H groups in total. The minimum atomic E-state index is -0.121. The quantitative estimate of drug-likeness (QED) is 0.824. The summed E-state index contributed by atoms with van der Waals surface area (Å²) in [5.41, 5.74) is -0.121. The van der Waals surface area contributed by atoms with Gasteiger partial charge in [-0.3, -0.25) is 4.79 Å². The highest BCUT2D eigenvalue weighted by Crippen LogP contribution is 2.21. The Labute approximate surface area is 110 Å². The smallest absolute Gasteiger partial charge is 0.224 e. The second-order valence-corrected chi connectivity index (χ2v) is 6.71. The molecule has 4 heteroatoms. The lowest BCUT2D eigenvalue weighted by Crippen LogP contribution is -2.44. The number of carbonyl (C=O) groups is 1. The van der Waals surface area contributed by atoms with E-state index in [1.165, 1.54) is 6.42 Å². The van der Waals surface area contributed by atoms with Crippen LogP contribution in [0.5, 0.6) is 0 Å². The minimum absolute atomic E-state index is 0.121. The highest BCUT2D eigenvalue weighted by atomic mass is 16.5. The topological polar surface area (TPSA) is 41.6 Å². The molecule has 104 valence electrons. The molecule has 2 atom stereocenters. The van der Waals surface area contributed by atoms with Crippen molar-refractivity contribution in [2.75, 3.05) is 32.8 Å². The van der Waals surface area contributed by atoms with Gasteiger partial charge < -0.3 is 15.0 Å². The van der Waals surface area contributed by atoms with E-state index in [0.717, 1.165) is 39.3 Å². The van der Waals surface area contributed by atoms with E-state index in [-0.39, 0.29) is 17.4 Å². The van der Waals surface area contributed by atoms with Gasteiger partial charge in [0.25, 0.3) is 0 Å². The van der Waals surface area contributed by atoms with E-state index in [0.29, 0.717) is 5.92 Å². The van der Waals surface area contributed by atoms with Gasteiger partial charge in [0, 0.05) is 25.2 Å². The predicted molar refractivity (Wildman–Crippen MR) is 71.4 cm³/mol. The lowest BCUT2D eigenvalue weighted by Gasteiger charge is -2.23. The van der Waals surface area contributed by atoms with Crippen molar-refractivity contribution in [3.63, 3.8) is 0 Å². The third-order valence-electron chi connectivity index (χ3n) is 3.68. The van der Waals surface area contributed by atoms with Gasteiger partial charge in [-0.2, -0.15) is 0 Å². The van der Waals surface area contributed by atoms with Gasteiger partial charge in [0.05, 0.1) is 12.5 Å². The second kappa shape index (κ2) is 5.57. The van der Waals surface area contributed by atoms with Gasteiger partial charge in [-0.05, 0) is 46.1 Å². The third kappa shape index (κ3) is 3.95. The zero-order valence-electron chi connectivity index (χ0n) is 11.9. The Morgan fingerprint density at radius 1 is 1.39 bits per heavy atom. The van der Waals surface area contributed by atoms with Gasteiger partial charge in [-0.15, -0.1) is 0 Å². The number of carbonyl (C=O) groups excluding carboxylic acids is 1. The largest absolute Gasteiger partial charge is 0.381 e. The summed E-state index contributed by atoms with van der Waals surface area (Å²) in [6, 6.07) is 0. The van der Waals surface area contributed by atoms with Gasteiger partial charge in [0.2, 0.25) is 5.91 Å². The fourth-order valence-corrected chi connectivity index (χ4v) is 2.78. The number of nitrogens with one attached hydrogen (secondary N) is 1. The summed E-state index contributed by atoms with van der Waals surface area (Å²) < 4.78 is 5.40. The van der Waals surface area contributed by atoms with Crippen LogP contribution in [0.1, 0.15) is 33.6 Å². The zero-order chi connectivity index (χ0) is 13.2. The molecular weight excluding hydrogens is 228 g/mol. The Morgan fingerprint density at radius 2 is 2.17 bits per heavy atom. The zero-order valence-corrected chi connectivity index (χ0v) is 11.9. The van der Waals surface area contributed by atoms with Crippen molar-refractivity contribution in [3.8, 4) is 0 Å². The SMILES string of the molecule is CC(C)(C)NC(=O)C1CCN(CC2CCOC2)C1. The number of amides is 1. The molecule has 2 heterocycles. The first-order valence-electron chi connectivity index (χ1n) is 7.06. The molecule has 2 aliphatic heterocycles. The van der Waals surface area contributed by atoms with E-state index in [1.54, 1.807) is 0 Å². The summed E-state index contributed by atoms with van der Waals surface area (Å²) in [5.74, 6) is 1.06. The summed E-state index contributed by atoms with van der Waals surface area (Å²) in [4.78, 5) is 14.5. The maximum absolute atomic E-state index is 12.1. The van der Waals surface area contributed by atoms with E-state index in [2.05, 4.69) is 10.2 Å². The van der Waals surface area contributed by atoms with Crippen LogP contribution in [0.2, 0.25) is 0 Å².